The summed E-state index contributed by atoms with van der Waals surface area (Å²) in [5.74, 6) is 2.53. The van der Waals surface area contributed by atoms with E-state index in [0.717, 1.165) is 0 Å². The molecule has 1 heteroatoms. The van der Waals surface area contributed by atoms with Crippen LogP contribution in [0, 0.1) is 18.3 Å². The molecule has 0 aromatic rings. The van der Waals surface area contributed by atoms with Crippen LogP contribution < -0.4 is 0 Å². The van der Waals surface area contributed by atoms with E-state index in [1.54, 1.807) is 0 Å². The summed E-state index contributed by atoms with van der Waals surface area (Å²) in [4.78, 5) is 10.6. The fourth-order valence-corrected chi connectivity index (χ4v) is 0.305. The first-order chi connectivity index (χ1) is 3.68. The van der Waals surface area contributed by atoms with Gasteiger partial charge in [-0.15, -0.1) is 6.42 Å². The van der Waals surface area contributed by atoms with Crippen LogP contribution in [0.5, 0.6) is 0 Å². The molecule has 0 aliphatic rings. The van der Waals surface area contributed by atoms with Gasteiger partial charge >= 0.3 is 0 Å². The first-order valence-electron chi connectivity index (χ1n) is 2.64. The van der Waals surface area contributed by atoms with Crippen molar-refractivity contribution in [1.82, 2.24) is 0 Å². The molecule has 44 valence electrons. The molecule has 0 spiro atoms. The van der Waals surface area contributed by atoms with Gasteiger partial charge in [0.05, 0.1) is 6.42 Å². The van der Waals surface area contributed by atoms with Gasteiger partial charge in [0.25, 0.3) is 0 Å². The van der Waals surface area contributed by atoms with Gasteiger partial charge in [-0.25, -0.2) is 0 Å². The SMILES string of the molecule is C#CCC(=O)C(C)C. The summed E-state index contributed by atoms with van der Waals surface area (Å²) in [6.45, 7) is 3.69. The molecule has 0 aliphatic carbocycles. The highest BCUT2D eigenvalue weighted by Gasteiger charge is 2.02. The summed E-state index contributed by atoms with van der Waals surface area (Å²) >= 11 is 0. The van der Waals surface area contributed by atoms with Gasteiger partial charge in [-0.2, -0.15) is 0 Å². The minimum atomic E-state index is 0.0889. The first kappa shape index (κ1) is 7.23. The van der Waals surface area contributed by atoms with Crippen LogP contribution in [0.2, 0.25) is 0 Å². The molecule has 0 amide bonds. The van der Waals surface area contributed by atoms with Crippen molar-refractivity contribution < 1.29 is 4.79 Å². The van der Waals surface area contributed by atoms with Gasteiger partial charge in [-0.3, -0.25) is 4.79 Å². The lowest BCUT2D eigenvalue weighted by atomic mass is 10.1. The van der Waals surface area contributed by atoms with Gasteiger partial charge in [0, 0.05) is 5.92 Å². The molecule has 0 aromatic heterocycles. The molecule has 0 unspecified atom stereocenters. The van der Waals surface area contributed by atoms with Gasteiger partial charge in [-0.1, -0.05) is 19.8 Å². The third-order valence-corrected chi connectivity index (χ3v) is 0.920. The van der Waals surface area contributed by atoms with Crippen molar-refractivity contribution in [1.29, 1.82) is 0 Å². The Hall–Kier alpha value is -0.770. The highest BCUT2D eigenvalue weighted by Crippen LogP contribution is 1.95. The van der Waals surface area contributed by atoms with Crippen molar-refractivity contribution in [3.8, 4) is 12.3 Å². The van der Waals surface area contributed by atoms with E-state index in [2.05, 4.69) is 5.92 Å². The predicted octanol–water partition coefficient (Wildman–Crippen LogP) is 1.23. The quantitative estimate of drug-likeness (QED) is 0.489. The Kier molecular flexibility index (Phi) is 2.95. The van der Waals surface area contributed by atoms with E-state index in [4.69, 9.17) is 6.42 Å². The molecular weight excluding hydrogens is 100 g/mol. The van der Waals surface area contributed by atoms with E-state index >= 15 is 0 Å². The van der Waals surface area contributed by atoms with Crippen LogP contribution in [0.15, 0.2) is 0 Å². The molecule has 0 atom stereocenters. The highest BCUT2D eigenvalue weighted by atomic mass is 16.1. The van der Waals surface area contributed by atoms with Crippen molar-refractivity contribution in [3.05, 3.63) is 0 Å². The number of terminal acetylenes is 1. The second-order valence-corrected chi connectivity index (χ2v) is 2.00. The maximum Gasteiger partial charge on any atom is 0.147 e. The Morgan fingerprint density at radius 2 is 2.25 bits per heavy atom. The van der Waals surface area contributed by atoms with E-state index in [1.807, 2.05) is 13.8 Å². The standard InChI is InChI=1S/C7H10O/c1-4-5-7(8)6(2)3/h1,6H,5H2,2-3H3. The van der Waals surface area contributed by atoms with E-state index in [1.165, 1.54) is 0 Å². The molecule has 0 heterocycles. The minimum absolute atomic E-state index is 0.0889. The molecule has 8 heavy (non-hydrogen) atoms. The van der Waals surface area contributed by atoms with Gasteiger partial charge in [0.15, 0.2) is 0 Å². The molecule has 0 N–H and O–H groups in total. The lowest BCUT2D eigenvalue weighted by Crippen LogP contribution is -2.04. The molecular formula is C7H10O. The van der Waals surface area contributed by atoms with Crippen LogP contribution >= 0.6 is 0 Å². The van der Waals surface area contributed by atoms with Crippen molar-refractivity contribution >= 4 is 5.78 Å². The van der Waals surface area contributed by atoms with Gasteiger partial charge in [0.1, 0.15) is 5.78 Å². The average Bonchev–Trinajstić information content (AvgIpc) is 1.67. The van der Waals surface area contributed by atoms with Crippen LogP contribution in [0.4, 0.5) is 0 Å². The second kappa shape index (κ2) is 3.26. The average molecular weight is 110 g/mol. The van der Waals surface area contributed by atoms with Crippen LogP contribution in [0.3, 0.4) is 0 Å². The van der Waals surface area contributed by atoms with E-state index in [0.29, 0.717) is 0 Å². The Labute approximate surface area is 50.1 Å². The monoisotopic (exact) mass is 110 g/mol. The van der Waals surface area contributed by atoms with Crippen molar-refractivity contribution in [2.45, 2.75) is 20.3 Å². The Morgan fingerprint density at radius 1 is 1.75 bits per heavy atom. The van der Waals surface area contributed by atoms with Crippen LogP contribution in [0.25, 0.3) is 0 Å². The maximum atomic E-state index is 10.6. The predicted molar refractivity (Wildman–Crippen MR) is 33.3 cm³/mol. The van der Waals surface area contributed by atoms with Gasteiger partial charge < -0.3 is 0 Å². The molecule has 0 saturated carbocycles. The fourth-order valence-electron chi connectivity index (χ4n) is 0.305. The van der Waals surface area contributed by atoms with Crippen molar-refractivity contribution in [3.63, 3.8) is 0 Å². The summed E-state index contributed by atoms with van der Waals surface area (Å²) in [6.07, 6.45) is 5.17. The number of carbonyl (C=O) groups excluding carboxylic acids is 1. The summed E-state index contributed by atoms with van der Waals surface area (Å²) < 4.78 is 0. The fraction of sp³-hybridized carbons (Fsp3) is 0.571. The van der Waals surface area contributed by atoms with Crippen LogP contribution in [0.1, 0.15) is 20.3 Å². The number of ketones is 1. The molecule has 1 nitrogen and oxygen atoms in total. The highest BCUT2D eigenvalue weighted by molar-refractivity contribution is 5.82. The third kappa shape index (κ3) is 2.41. The number of hydrogen-bond donors (Lipinski definition) is 0. The Morgan fingerprint density at radius 3 is 2.38 bits per heavy atom. The molecule has 0 fully saturated rings. The summed E-state index contributed by atoms with van der Waals surface area (Å²) in [6, 6.07) is 0. The molecule has 0 aromatic carbocycles. The van der Waals surface area contributed by atoms with E-state index in [-0.39, 0.29) is 18.1 Å². The lowest BCUT2D eigenvalue weighted by molar-refractivity contribution is -0.120. The van der Waals surface area contributed by atoms with Gasteiger partial charge in [0.2, 0.25) is 0 Å². The normalized spacial score (nSPS) is 8.75. The lowest BCUT2D eigenvalue weighted by Gasteiger charge is -1.95. The molecule has 0 saturated heterocycles. The first-order valence-corrected chi connectivity index (χ1v) is 2.64. The summed E-state index contributed by atoms with van der Waals surface area (Å²) in [5, 5.41) is 0. The second-order valence-electron chi connectivity index (χ2n) is 2.00. The van der Waals surface area contributed by atoms with E-state index in [9.17, 15) is 4.79 Å². The van der Waals surface area contributed by atoms with Crippen LogP contribution in [-0.2, 0) is 4.79 Å². The minimum Gasteiger partial charge on any atom is -0.298 e. The summed E-state index contributed by atoms with van der Waals surface area (Å²) in [5.41, 5.74) is 0. The number of Topliss-reactive ketones (excluding diaryl/α,β-unsaturated/α-hetero) is 1. The Bertz CT molecular complexity index is 117. The number of hydrogen-bond acceptors (Lipinski definition) is 1. The largest absolute Gasteiger partial charge is 0.298 e. The molecule has 0 bridgehead atoms. The maximum absolute atomic E-state index is 10.6. The van der Waals surface area contributed by atoms with Gasteiger partial charge in [-0.05, 0) is 0 Å². The smallest absolute Gasteiger partial charge is 0.147 e. The number of rotatable bonds is 2. The zero-order valence-electron chi connectivity index (χ0n) is 5.27. The zero-order chi connectivity index (χ0) is 6.57. The topological polar surface area (TPSA) is 17.1 Å². The van der Waals surface area contributed by atoms with Crippen molar-refractivity contribution in [2.24, 2.45) is 5.92 Å². The number of carbonyl (C=O) groups is 1. The molecule has 0 aliphatic heterocycles. The Balaban J connectivity index is 3.53. The molecule has 0 rings (SSSR count). The molecule has 0 radical (unpaired) electrons. The van der Waals surface area contributed by atoms with Crippen LogP contribution in [-0.4, -0.2) is 5.78 Å². The third-order valence-electron chi connectivity index (χ3n) is 0.920. The van der Waals surface area contributed by atoms with Crippen molar-refractivity contribution in [2.75, 3.05) is 0 Å². The zero-order valence-corrected chi connectivity index (χ0v) is 5.27. The van der Waals surface area contributed by atoms with E-state index < -0.39 is 0 Å². The summed E-state index contributed by atoms with van der Waals surface area (Å²) in [7, 11) is 0.